The summed E-state index contributed by atoms with van der Waals surface area (Å²) in [4.78, 5) is 0. The average molecular weight is 671 g/mol. The smallest absolute Gasteiger partial charge is 0.116 e. The zero-order valence-corrected chi connectivity index (χ0v) is 28.4. The largest absolute Gasteiger partial charge is 0.508 e. The van der Waals surface area contributed by atoms with E-state index >= 15 is 0 Å². The van der Waals surface area contributed by atoms with Gasteiger partial charge in [0.1, 0.15) is 11.5 Å². The molecule has 248 valence electrons. The number of allylic oxidation sites excluding steroid dienone is 1. The maximum absolute atomic E-state index is 10.6. The van der Waals surface area contributed by atoms with Crippen LogP contribution in [0.15, 0.2) is 164 Å². The number of rotatable bonds is 5. The van der Waals surface area contributed by atoms with Crippen LogP contribution in [0, 0.1) is 0 Å². The Balaban J connectivity index is 1.10. The third-order valence-electron chi connectivity index (χ3n) is 10.6. The van der Waals surface area contributed by atoms with Gasteiger partial charge in [0.2, 0.25) is 0 Å². The summed E-state index contributed by atoms with van der Waals surface area (Å²) in [5.41, 5.74) is 14.9. The van der Waals surface area contributed by atoms with Gasteiger partial charge in [0, 0.05) is 38.8 Å². The fourth-order valence-corrected chi connectivity index (χ4v) is 8.16. The van der Waals surface area contributed by atoms with Crippen LogP contribution < -0.4 is 0 Å². The van der Waals surface area contributed by atoms with Crippen LogP contribution in [0.1, 0.15) is 23.2 Å². The van der Waals surface area contributed by atoms with Gasteiger partial charge in [-0.2, -0.15) is 0 Å². The van der Waals surface area contributed by atoms with Crippen molar-refractivity contribution < 1.29 is 10.2 Å². The first-order valence-corrected chi connectivity index (χ1v) is 17.8. The van der Waals surface area contributed by atoms with Gasteiger partial charge in [0.15, 0.2) is 0 Å². The molecule has 2 N–H and O–H groups in total. The molecule has 0 fully saturated rings. The fraction of sp³-hybridized carbons (Fsp3) is 0.0417. The number of benzene rings is 7. The van der Waals surface area contributed by atoms with Crippen molar-refractivity contribution in [3.05, 3.63) is 181 Å². The topological polar surface area (TPSA) is 50.3 Å². The van der Waals surface area contributed by atoms with Gasteiger partial charge in [-0.1, -0.05) is 91.0 Å². The van der Waals surface area contributed by atoms with Gasteiger partial charge in [0.25, 0.3) is 0 Å². The van der Waals surface area contributed by atoms with Crippen LogP contribution in [-0.2, 0) is 6.42 Å². The van der Waals surface area contributed by atoms with E-state index in [-0.39, 0.29) is 11.5 Å². The molecule has 4 nitrogen and oxygen atoms in total. The summed E-state index contributed by atoms with van der Waals surface area (Å²) in [6, 6.07) is 56.4. The molecule has 7 aromatic carbocycles. The second kappa shape index (κ2) is 11.9. The van der Waals surface area contributed by atoms with Gasteiger partial charge in [-0.3, -0.25) is 0 Å². The van der Waals surface area contributed by atoms with Gasteiger partial charge in [-0.05, 0) is 125 Å². The summed E-state index contributed by atoms with van der Waals surface area (Å²) in [5, 5.41) is 24.4. The van der Waals surface area contributed by atoms with Crippen LogP contribution in [-0.4, -0.2) is 19.3 Å². The average Bonchev–Trinajstić information content (AvgIpc) is 3.70. The molecule has 1 aliphatic carbocycles. The minimum atomic E-state index is 0.251. The predicted octanol–water partition coefficient (Wildman–Crippen LogP) is 12.0. The second-order valence-corrected chi connectivity index (χ2v) is 13.7. The molecule has 2 heterocycles. The molecule has 0 bridgehead atoms. The van der Waals surface area contributed by atoms with E-state index in [0.717, 1.165) is 73.6 Å². The Labute approximate surface area is 301 Å². The van der Waals surface area contributed by atoms with Gasteiger partial charge in [-0.15, -0.1) is 0 Å². The molecule has 10 rings (SSSR count). The maximum atomic E-state index is 10.6. The first-order chi connectivity index (χ1) is 25.6. The lowest BCUT2D eigenvalue weighted by molar-refractivity contribution is 0.475. The summed E-state index contributed by atoms with van der Waals surface area (Å²) in [6.07, 6.45) is 4.06. The zero-order valence-electron chi connectivity index (χ0n) is 28.4. The Morgan fingerprint density at radius 2 is 0.942 bits per heavy atom. The lowest BCUT2D eigenvalue weighted by Gasteiger charge is -2.18. The van der Waals surface area contributed by atoms with Crippen LogP contribution in [0.3, 0.4) is 0 Å². The molecule has 0 amide bonds. The molecule has 0 unspecified atom stereocenters. The number of aromatic nitrogens is 2. The van der Waals surface area contributed by atoms with Crippen molar-refractivity contribution in [2.45, 2.75) is 12.8 Å². The Morgan fingerprint density at radius 3 is 1.65 bits per heavy atom. The monoisotopic (exact) mass is 670 g/mol. The molecule has 2 aromatic heterocycles. The molecular weight excluding hydrogens is 637 g/mol. The van der Waals surface area contributed by atoms with Crippen LogP contribution >= 0.6 is 0 Å². The standard InChI is InChI=1S/C48H34N2O2/c51-39-20-24-47-43(29-39)41-27-35(16-22-45(41)49(47)37-18-14-33(15-19-37)31-8-3-1-4-9-31)36-17-23-46-42(28-36)44-30-40(52)21-25-48(44)50(46)38-13-7-12-34(26-38)32-10-5-2-6-11-32/h1-15,17-21,23-30,51-52H,16,22H2. The normalized spacial score (nSPS) is 12.7. The van der Waals surface area contributed by atoms with Crippen molar-refractivity contribution in [2.75, 3.05) is 0 Å². The molecule has 0 aliphatic heterocycles. The molecule has 0 radical (unpaired) electrons. The van der Waals surface area contributed by atoms with E-state index in [1.54, 1.807) is 12.1 Å². The van der Waals surface area contributed by atoms with E-state index in [1.807, 2.05) is 36.4 Å². The summed E-state index contributed by atoms with van der Waals surface area (Å²) in [5.74, 6) is 0.513. The lowest BCUT2D eigenvalue weighted by atomic mass is 9.90. The number of aromatic hydroxyl groups is 2. The summed E-state index contributed by atoms with van der Waals surface area (Å²) < 4.78 is 4.66. The van der Waals surface area contributed by atoms with Crippen molar-refractivity contribution in [3.63, 3.8) is 0 Å². The minimum absolute atomic E-state index is 0.251. The number of phenolic OH excluding ortho intramolecular Hbond substituents is 2. The van der Waals surface area contributed by atoms with E-state index in [4.69, 9.17) is 0 Å². The molecule has 4 heteroatoms. The highest BCUT2D eigenvalue weighted by Crippen LogP contribution is 2.42. The van der Waals surface area contributed by atoms with Crippen LogP contribution in [0.2, 0.25) is 0 Å². The summed E-state index contributed by atoms with van der Waals surface area (Å²) >= 11 is 0. The number of nitrogens with zero attached hydrogens (tertiary/aromatic N) is 2. The van der Waals surface area contributed by atoms with Crippen molar-refractivity contribution in [3.8, 4) is 45.1 Å². The second-order valence-electron chi connectivity index (χ2n) is 13.7. The molecule has 52 heavy (non-hydrogen) atoms. The number of fused-ring (bicyclic) bond motifs is 6. The molecular formula is C48H34N2O2. The predicted molar refractivity (Wildman–Crippen MR) is 214 cm³/mol. The highest BCUT2D eigenvalue weighted by atomic mass is 16.3. The maximum Gasteiger partial charge on any atom is 0.116 e. The van der Waals surface area contributed by atoms with Crippen LogP contribution in [0.4, 0.5) is 0 Å². The zero-order chi connectivity index (χ0) is 34.8. The van der Waals surface area contributed by atoms with Crippen molar-refractivity contribution >= 4 is 44.4 Å². The first kappa shape index (κ1) is 30.1. The number of phenols is 2. The van der Waals surface area contributed by atoms with Crippen molar-refractivity contribution in [1.29, 1.82) is 0 Å². The quantitative estimate of drug-likeness (QED) is 0.191. The minimum Gasteiger partial charge on any atom is -0.508 e. The molecule has 0 saturated carbocycles. The number of hydrogen-bond acceptors (Lipinski definition) is 2. The van der Waals surface area contributed by atoms with Gasteiger partial charge in [0.05, 0.1) is 16.6 Å². The molecule has 0 saturated heterocycles. The lowest BCUT2D eigenvalue weighted by Crippen LogP contribution is -2.05. The molecule has 9 aromatic rings. The summed E-state index contributed by atoms with van der Waals surface area (Å²) in [6.45, 7) is 0. The SMILES string of the molecule is Oc1ccc2c(c1)c1c(n2-c2ccc(-c3ccccc3)cc2)CCC(c2ccc3c(c2)c2cc(O)ccc2n3-c2cccc(-c3ccccc3)c2)=C1. The molecule has 0 atom stereocenters. The third kappa shape index (κ3) is 4.91. The van der Waals surface area contributed by atoms with E-state index in [0.29, 0.717) is 0 Å². The van der Waals surface area contributed by atoms with Gasteiger partial charge < -0.3 is 19.3 Å². The number of hydrogen-bond donors (Lipinski definition) is 2. The summed E-state index contributed by atoms with van der Waals surface area (Å²) in [7, 11) is 0. The Hall–Kier alpha value is -6.78. The first-order valence-electron chi connectivity index (χ1n) is 17.8. The van der Waals surface area contributed by atoms with Crippen molar-refractivity contribution in [1.82, 2.24) is 9.13 Å². The van der Waals surface area contributed by atoms with Crippen LogP contribution in [0.5, 0.6) is 11.5 Å². The fourth-order valence-electron chi connectivity index (χ4n) is 8.16. The Kier molecular flexibility index (Phi) is 6.90. The van der Waals surface area contributed by atoms with Crippen LogP contribution in [0.25, 0.3) is 78.0 Å². The van der Waals surface area contributed by atoms with Gasteiger partial charge in [-0.25, -0.2) is 0 Å². The molecule has 1 aliphatic rings. The third-order valence-corrected chi connectivity index (χ3v) is 10.6. The highest BCUT2D eigenvalue weighted by molar-refractivity contribution is 6.11. The van der Waals surface area contributed by atoms with Gasteiger partial charge >= 0.3 is 0 Å². The Morgan fingerprint density at radius 1 is 0.385 bits per heavy atom. The van der Waals surface area contributed by atoms with E-state index in [9.17, 15) is 10.2 Å². The van der Waals surface area contributed by atoms with E-state index in [1.165, 1.54) is 28.0 Å². The molecule has 0 spiro atoms. The highest BCUT2D eigenvalue weighted by Gasteiger charge is 2.23. The van der Waals surface area contributed by atoms with E-state index in [2.05, 4.69) is 130 Å². The Bertz CT molecular complexity index is 2840. The van der Waals surface area contributed by atoms with Crippen molar-refractivity contribution in [2.24, 2.45) is 0 Å². The van der Waals surface area contributed by atoms with E-state index < -0.39 is 0 Å².